The van der Waals surface area contributed by atoms with Crippen molar-refractivity contribution in [3.8, 4) is 0 Å². The molecule has 0 aliphatic carbocycles. The van der Waals surface area contributed by atoms with Crippen LogP contribution in [0.3, 0.4) is 0 Å². The minimum atomic E-state index is 0.664. The second kappa shape index (κ2) is 6.74. The smallest absolute Gasteiger partial charge is 0.219 e. The minimum Gasteiger partial charge on any atom is -0.309 e. The van der Waals surface area contributed by atoms with Gasteiger partial charge in [0.15, 0.2) is 0 Å². The number of hydrazine groups is 1. The average molecular weight is 244 g/mol. The summed E-state index contributed by atoms with van der Waals surface area (Å²) >= 11 is 1.49. The van der Waals surface area contributed by atoms with Crippen molar-refractivity contribution in [3.63, 3.8) is 0 Å². The number of hydrogen-bond acceptors (Lipinski definition) is 7. The standard InChI is InChI=1S/C9H20N6S/c1-14(2)5-4-6-15(3)7-8-12-13-9(11-10)16-8/h4-7,10H2,1-3H3,(H,11,13). The molecule has 6 nitrogen and oxygen atoms in total. The molecule has 0 atom stereocenters. The van der Waals surface area contributed by atoms with Crippen LogP contribution >= 0.6 is 11.3 Å². The van der Waals surface area contributed by atoms with Crippen LogP contribution in [-0.2, 0) is 6.54 Å². The number of aromatic nitrogens is 2. The van der Waals surface area contributed by atoms with Gasteiger partial charge in [0.1, 0.15) is 5.01 Å². The molecule has 0 aliphatic rings. The highest BCUT2D eigenvalue weighted by Crippen LogP contribution is 2.14. The summed E-state index contributed by atoms with van der Waals surface area (Å²) < 4.78 is 0. The number of hydrogen-bond donors (Lipinski definition) is 2. The van der Waals surface area contributed by atoms with Crippen molar-refractivity contribution in [2.75, 3.05) is 39.7 Å². The Kier molecular flexibility index (Phi) is 5.61. The molecule has 0 amide bonds. The molecule has 0 spiro atoms. The largest absolute Gasteiger partial charge is 0.309 e. The van der Waals surface area contributed by atoms with E-state index >= 15 is 0 Å². The summed E-state index contributed by atoms with van der Waals surface area (Å²) in [5.41, 5.74) is 2.50. The summed E-state index contributed by atoms with van der Waals surface area (Å²) in [7, 11) is 6.26. The van der Waals surface area contributed by atoms with Gasteiger partial charge in [0.25, 0.3) is 0 Å². The van der Waals surface area contributed by atoms with E-state index in [2.05, 4.69) is 46.6 Å². The van der Waals surface area contributed by atoms with E-state index in [1.165, 1.54) is 11.3 Å². The van der Waals surface area contributed by atoms with Crippen molar-refractivity contribution in [1.82, 2.24) is 20.0 Å². The van der Waals surface area contributed by atoms with Crippen LogP contribution in [0.5, 0.6) is 0 Å². The molecule has 1 heterocycles. The van der Waals surface area contributed by atoms with Crippen molar-refractivity contribution < 1.29 is 0 Å². The van der Waals surface area contributed by atoms with Crippen molar-refractivity contribution >= 4 is 16.5 Å². The normalized spacial score (nSPS) is 11.4. The van der Waals surface area contributed by atoms with Gasteiger partial charge in [0, 0.05) is 0 Å². The van der Waals surface area contributed by atoms with E-state index in [4.69, 9.17) is 5.84 Å². The van der Waals surface area contributed by atoms with Crippen LogP contribution in [0.2, 0.25) is 0 Å². The van der Waals surface area contributed by atoms with Crippen molar-refractivity contribution in [2.45, 2.75) is 13.0 Å². The molecular formula is C9H20N6S. The second-order valence-electron chi connectivity index (χ2n) is 4.04. The number of rotatable bonds is 7. The van der Waals surface area contributed by atoms with E-state index in [1.54, 1.807) is 0 Å². The van der Waals surface area contributed by atoms with Crippen LogP contribution in [0.1, 0.15) is 11.4 Å². The van der Waals surface area contributed by atoms with E-state index in [9.17, 15) is 0 Å². The number of nitrogens with one attached hydrogen (secondary N) is 1. The Labute approximate surface area is 100 Å². The minimum absolute atomic E-state index is 0.664. The molecule has 0 unspecified atom stereocenters. The molecule has 92 valence electrons. The van der Waals surface area contributed by atoms with Crippen LogP contribution in [0.4, 0.5) is 5.13 Å². The molecule has 0 saturated carbocycles. The first kappa shape index (κ1) is 13.3. The Morgan fingerprint density at radius 1 is 1.25 bits per heavy atom. The third-order valence-electron chi connectivity index (χ3n) is 2.14. The molecule has 0 aliphatic heterocycles. The average Bonchev–Trinajstić information content (AvgIpc) is 2.65. The maximum absolute atomic E-state index is 5.25. The SMILES string of the molecule is CN(C)CCCN(C)Cc1nnc(NN)s1. The fourth-order valence-electron chi connectivity index (χ4n) is 1.34. The molecule has 7 heteroatoms. The molecule has 0 radical (unpaired) electrons. The fourth-order valence-corrected chi connectivity index (χ4v) is 2.07. The van der Waals surface area contributed by atoms with Gasteiger partial charge in [0.05, 0.1) is 6.54 Å². The predicted molar refractivity (Wildman–Crippen MR) is 67.2 cm³/mol. The van der Waals surface area contributed by atoms with Crippen LogP contribution < -0.4 is 11.3 Å². The molecule has 0 fully saturated rings. The van der Waals surface area contributed by atoms with Gasteiger partial charge in [-0.2, -0.15) is 0 Å². The number of anilines is 1. The second-order valence-corrected chi connectivity index (χ2v) is 5.10. The third-order valence-corrected chi connectivity index (χ3v) is 2.98. The lowest BCUT2D eigenvalue weighted by Crippen LogP contribution is -2.23. The maximum Gasteiger partial charge on any atom is 0.219 e. The Morgan fingerprint density at radius 3 is 2.56 bits per heavy atom. The van der Waals surface area contributed by atoms with Crippen LogP contribution in [0.15, 0.2) is 0 Å². The monoisotopic (exact) mass is 244 g/mol. The van der Waals surface area contributed by atoms with Gasteiger partial charge < -0.3 is 4.90 Å². The number of nitrogen functional groups attached to an aromatic ring is 1. The molecular weight excluding hydrogens is 224 g/mol. The highest BCUT2D eigenvalue weighted by atomic mass is 32.1. The molecule has 0 bridgehead atoms. The highest BCUT2D eigenvalue weighted by molar-refractivity contribution is 7.15. The summed E-state index contributed by atoms with van der Waals surface area (Å²) in [6.07, 6.45) is 1.16. The lowest BCUT2D eigenvalue weighted by Gasteiger charge is -2.16. The van der Waals surface area contributed by atoms with Gasteiger partial charge in [-0.15, -0.1) is 10.2 Å². The molecule has 1 aromatic rings. The zero-order valence-corrected chi connectivity index (χ0v) is 10.9. The van der Waals surface area contributed by atoms with Gasteiger partial charge in [-0.1, -0.05) is 11.3 Å². The molecule has 16 heavy (non-hydrogen) atoms. The first-order chi connectivity index (χ1) is 7.61. The van der Waals surface area contributed by atoms with Gasteiger partial charge in [-0.05, 0) is 40.7 Å². The van der Waals surface area contributed by atoms with Gasteiger partial charge >= 0.3 is 0 Å². The van der Waals surface area contributed by atoms with E-state index in [0.29, 0.717) is 5.13 Å². The Morgan fingerprint density at radius 2 is 2.00 bits per heavy atom. The fraction of sp³-hybridized carbons (Fsp3) is 0.778. The summed E-state index contributed by atoms with van der Waals surface area (Å²) in [6.45, 7) is 2.99. The van der Waals surface area contributed by atoms with E-state index in [-0.39, 0.29) is 0 Å². The predicted octanol–water partition coefficient (Wildman–Crippen LogP) is 0.207. The maximum atomic E-state index is 5.25. The van der Waals surface area contributed by atoms with Gasteiger partial charge in [-0.3, -0.25) is 10.3 Å². The first-order valence-electron chi connectivity index (χ1n) is 5.24. The molecule has 0 aromatic carbocycles. The van der Waals surface area contributed by atoms with Crippen molar-refractivity contribution in [1.29, 1.82) is 0 Å². The van der Waals surface area contributed by atoms with Crippen LogP contribution in [0, 0.1) is 0 Å². The van der Waals surface area contributed by atoms with Crippen LogP contribution in [0.25, 0.3) is 0 Å². The third kappa shape index (κ3) is 4.84. The van der Waals surface area contributed by atoms with E-state index in [1.807, 2.05) is 0 Å². The Bertz CT molecular complexity index is 300. The molecule has 3 N–H and O–H groups in total. The molecule has 0 saturated heterocycles. The highest BCUT2D eigenvalue weighted by Gasteiger charge is 2.06. The lowest BCUT2D eigenvalue weighted by molar-refractivity contribution is 0.294. The summed E-state index contributed by atoms with van der Waals surface area (Å²) in [4.78, 5) is 4.43. The lowest BCUT2D eigenvalue weighted by atomic mass is 10.4. The number of nitrogens with two attached hydrogens (primary N) is 1. The Hall–Kier alpha value is -0.760. The van der Waals surface area contributed by atoms with Gasteiger partial charge in [0.2, 0.25) is 5.13 Å². The summed E-state index contributed by atoms with van der Waals surface area (Å²) in [6, 6.07) is 0. The van der Waals surface area contributed by atoms with Crippen molar-refractivity contribution in [2.24, 2.45) is 5.84 Å². The van der Waals surface area contributed by atoms with Gasteiger partial charge in [-0.25, -0.2) is 5.84 Å². The van der Waals surface area contributed by atoms with E-state index in [0.717, 1.165) is 31.1 Å². The zero-order valence-electron chi connectivity index (χ0n) is 10.1. The molecule has 1 aromatic heterocycles. The first-order valence-corrected chi connectivity index (χ1v) is 6.05. The topological polar surface area (TPSA) is 70.3 Å². The van der Waals surface area contributed by atoms with Crippen molar-refractivity contribution in [3.05, 3.63) is 5.01 Å². The Balaban J connectivity index is 2.25. The van der Waals surface area contributed by atoms with E-state index < -0.39 is 0 Å². The molecule has 1 rings (SSSR count). The van der Waals surface area contributed by atoms with Crippen LogP contribution in [-0.4, -0.2) is 54.2 Å². The quantitative estimate of drug-likeness (QED) is 0.528. The summed E-state index contributed by atoms with van der Waals surface area (Å²) in [5, 5.41) is 9.59. The summed E-state index contributed by atoms with van der Waals surface area (Å²) in [5.74, 6) is 5.25. The zero-order chi connectivity index (χ0) is 12.0. The number of nitrogens with zero attached hydrogens (tertiary/aromatic N) is 4.